The van der Waals surface area contributed by atoms with E-state index in [0.29, 0.717) is 24.2 Å². The maximum absolute atomic E-state index is 14.4. The van der Waals surface area contributed by atoms with E-state index in [0.717, 1.165) is 45.2 Å². The number of ketones is 1. The van der Waals surface area contributed by atoms with E-state index in [4.69, 9.17) is 4.94 Å². The summed E-state index contributed by atoms with van der Waals surface area (Å²) < 4.78 is 14.4. The van der Waals surface area contributed by atoms with Gasteiger partial charge in [-0.3, -0.25) is 10.3 Å². The van der Waals surface area contributed by atoms with Crippen LogP contribution < -0.4 is 5.48 Å². The molecular formula is C25H39FN2O2. The molecule has 1 saturated heterocycles. The lowest BCUT2D eigenvalue weighted by Gasteiger charge is -2.60. The highest BCUT2D eigenvalue weighted by Gasteiger charge is 2.62. The molecule has 4 aliphatic carbocycles. The molecule has 0 bridgehead atoms. The molecule has 168 valence electrons. The van der Waals surface area contributed by atoms with Crippen LogP contribution in [0.5, 0.6) is 0 Å². The van der Waals surface area contributed by atoms with E-state index < -0.39 is 11.6 Å². The molecule has 5 heteroatoms. The lowest BCUT2D eigenvalue weighted by Crippen LogP contribution is -2.53. The number of carbonyl (C=O) groups excluding carboxylic acids is 1. The Morgan fingerprint density at radius 3 is 2.63 bits per heavy atom. The highest BCUT2D eigenvalue weighted by Crippen LogP contribution is 2.66. The molecule has 1 aliphatic heterocycles. The Balaban J connectivity index is 1.37. The van der Waals surface area contributed by atoms with Crippen LogP contribution in [0.3, 0.4) is 0 Å². The minimum absolute atomic E-state index is 0.0958. The maximum Gasteiger partial charge on any atom is 0.173 e. The molecule has 30 heavy (non-hydrogen) atoms. The van der Waals surface area contributed by atoms with Gasteiger partial charge in [0.1, 0.15) is 0 Å². The Kier molecular flexibility index (Phi) is 5.29. The van der Waals surface area contributed by atoms with Crippen molar-refractivity contribution in [3.05, 3.63) is 11.3 Å². The minimum atomic E-state index is -1.22. The zero-order chi connectivity index (χ0) is 21.1. The van der Waals surface area contributed by atoms with Crippen molar-refractivity contribution in [3.63, 3.8) is 0 Å². The summed E-state index contributed by atoms with van der Waals surface area (Å²) in [7, 11) is 0. The second kappa shape index (κ2) is 7.58. The van der Waals surface area contributed by atoms with Crippen molar-refractivity contribution in [3.8, 4) is 0 Å². The molecule has 1 heterocycles. The van der Waals surface area contributed by atoms with Crippen molar-refractivity contribution in [2.45, 2.75) is 91.2 Å². The summed E-state index contributed by atoms with van der Waals surface area (Å²) in [6, 6.07) is 0. The minimum Gasteiger partial charge on any atom is -0.296 e. The molecule has 3 saturated carbocycles. The normalized spacial score (nSPS) is 46.5. The zero-order valence-electron chi connectivity index (χ0n) is 19.0. The van der Waals surface area contributed by atoms with Crippen LogP contribution in [0.15, 0.2) is 11.3 Å². The number of rotatable bonds is 4. The molecular weight excluding hydrogens is 379 g/mol. The average Bonchev–Trinajstić information content (AvgIpc) is 3.33. The van der Waals surface area contributed by atoms with Crippen molar-refractivity contribution in [2.75, 3.05) is 13.1 Å². The van der Waals surface area contributed by atoms with Gasteiger partial charge in [-0.05, 0) is 98.9 Å². The number of allylic oxidation sites excluding steroid dienone is 2. The van der Waals surface area contributed by atoms with E-state index in [1.807, 2.05) is 0 Å². The second-order valence-electron chi connectivity index (χ2n) is 11.2. The van der Waals surface area contributed by atoms with Gasteiger partial charge >= 0.3 is 0 Å². The largest absolute Gasteiger partial charge is 0.296 e. The molecule has 7 unspecified atom stereocenters. The van der Waals surface area contributed by atoms with Crippen molar-refractivity contribution in [2.24, 2.45) is 34.5 Å². The van der Waals surface area contributed by atoms with Crippen LogP contribution in [0.25, 0.3) is 0 Å². The van der Waals surface area contributed by atoms with Gasteiger partial charge in [0.15, 0.2) is 12.0 Å². The monoisotopic (exact) mass is 418 g/mol. The quantitative estimate of drug-likeness (QED) is 0.625. The lowest BCUT2D eigenvalue weighted by molar-refractivity contribution is -0.189. The first-order valence-corrected chi connectivity index (χ1v) is 12.5. The summed E-state index contributed by atoms with van der Waals surface area (Å²) in [4.78, 5) is 18.5. The van der Waals surface area contributed by atoms with Crippen LogP contribution in [-0.4, -0.2) is 30.1 Å². The number of hydrogen-bond acceptors (Lipinski definition) is 4. The standard InChI is InChI=1S/C25H39FN2O2/c1-4-16-18-8-7-17-19(9-11-25(3)20(17)15-21(26)23(25)29)24(18,2)12-10-22(16)27-30-28-13-5-6-14-28/h17-21,27H,4-15H2,1-3H3. The van der Waals surface area contributed by atoms with Crippen molar-refractivity contribution in [1.82, 2.24) is 10.5 Å². The number of hydrogen-bond donors (Lipinski definition) is 1. The number of carbonyl (C=O) groups is 1. The fourth-order valence-electron chi connectivity index (χ4n) is 8.38. The summed E-state index contributed by atoms with van der Waals surface area (Å²) in [6.45, 7) is 8.89. The number of halogens is 1. The first kappa shape index (κ1) is 20.9. The summed E-state index contributed by atoms with van der Waals surface area (Å²) in [5, 5.41) is 2.05. The van der Waals surface area contributed by atoms with E-state index in [9.17, 15) is 9.18 Å². The van der Waals surface area contributed by atoms with E-state index >= 15 is 0 Å². The molecule has 0 aromatic carbocycles. The number of fused-ring (bicyclic) bond motifs is 5. The fourth-order valence-corrected chi connectivity index (χ4v) is 8.38. The predicted molar refractivity (Wildman–Crippen MR) is 115 cm³/mol. The van der Waals surface area contributed by atoms with Gasteiger partial charge < -0.3 is 0 Å². The molecule has 7 atom stereocenters. The third-order valence-corrected chi connectivity index (χ3v) is 10.0. The van der Waals surface area contributed by atoms with Crippen molar-refractivity contribution >= 4 is 5.78 Å². The van der Waals surface area contributed by atoms with Gasteiger partial charge in [-0.15, -0.1) is 0 Å². The molecule has 0 aromatic rings. The molecule has 0 aromatic heterocycles. The lowest BCUT2D eigenvalue weighted by atomic mass is 9.45. The van der Waals surface area contributed by atoms with Crippen LogP contribution in [-0.2, 0) is 9.73 Å². The van der Waals surface area contributed by atoms with Crippen molar-refractivity contribution in [1.29, 1.82) is 0 Å². The Hall–Kier alpha value is -0.940. The molecule has 0 amide bonds. The molecule has 0 spiro atoms. The Morgan fingerprint density at radius 1 is 1.13 bits per heavy atom. The Morgan fingerprint density at radius 2 is 1.90 bits per heavy atom. The number of nitrogens with zero attached hydrogens (tertiary/aromatic N) is 1. The molecule has 4 fully saturated rings. The van der Waals surface area contributed by atoms with E-state index in [1.54, 1.807) is 5.57 Å². The molecule has 0 radical (unpaired) electrons. The fraction of sp³-hybridized carbons (Fsp3) is 0.880. The molecule has 4 nitrogen and oxygen atoms in total. The maximum atomic E-state index is 14.4. The first-order valence-electron chi connectivity index (χ1n) is 12.5. The highest BCUT2D eigenvalue weighted by molar-refractivity contribution is 5.91. The van der Waals surface area contributed by atoms with E-state index in [1.165, 1.54) is 31.4 Å². The predicted octanol–water partition coefficient (Wildman–Crippen LogP) is 5.35. The summed E-state index contributed by atoms with van der Waals surface area (Å²) in [5.74, 6) is 1.88. The molecule has 5 rings (SSSR count). The van der Waals surface area contributed by atoms with Crippen LogP contribution in [0, 0.1) is 34.5 Å². The SMILES string of the molecule is CCC1=C(NON2CCCC2)CCC2(C)C1CCC1C3CC(F)C(=O)C3(C)CCC12. The van der Waals surface area contributed by atoms with E-state index in [-0.39, 0.29) is 17.1 Å². The van der Waals surface area contributed by atoms with Gasteiger partial charge in [0, 0.05) is 24.2 Å². The van der Waals surface area contributed by atoms with Gasteiger partial charge in [0.2, 0.25) is 0 Å². The molecule has 1 N–H and O–H groups in total. The average molecular weight is 419 g/mol. The Bertz CT molecular complexity index is 733. The smallest absolute Gasteiger partial charge is 0.173 e. The van der Waals surface area contributed by atoms with Crippen molar-refractivity contribution < 1.29 is 14.1 Å². The van der Waals surface area contributed by atoms with Gasteiger partial charge in [-0.25, -0.2) is 4.39 Å². The topological polar surface area (TPSA) is 41.6 Å². The number of Topliss-reactive ketones (excluding diaryl/α,β-unsaturated/α-hetero) is 1. The first-order chi connectivity index (χ1) is 14.4. The van der Waals surface area contributed by atoms with E-state index in [2.05, 4.69) is 31.3 Å². The zero-order valence-corrected chi connectivity index (χ0v) is 19.0. The van der Waals surface area contributed by atoms with Crippen LogP contribution in [0.1, 0.15) is 85.0 Å². The number of hydroxylamine groups is 3. The Labute approximate surface area is 180 Å². The van der Waals surface area contributed by atoms with Gasteiger partial charge in [-0.2, -0.15) is 10.0 Å². The summed E-state index contributed by atoms with van der Waals surface area (Å²) >= 11 is 0. The third kappa shape index (κ3) is 3.02. The van der Waals surface area contributed by atoms with Gasteiger partial charge in [0.05, 0.1) is 0 Å². The summed E-state index contributed by atoms with van der Waals surface area (Å²) in [6.07, 6.45) is 9.26. The third-order valence-electron chi connectivity index (χ3n) is 10.0. The highest BCUT2D eigenvalue weighted by atomic mass is 19.1. The van der Waals surface area contributed by atoms with Crippen LogP contribution >= 0.6 is 0 Å². The van der Waals surface area contributed by atoms with Gasteiger partial charge in [0.25, 0.3) is 0 Å². The number of nitrogens with one attached hydrogen (secondary N) is 1. The van der Waals surface area contributed by atoms with Gasteiger partial charge in [-0.1, -0.05) is 20.8 Å². The molecule has 5 aliphatic rings. The second-order valence-corrected chi connectivity index (χ2v) is 11.2. The van der Waals surface area contributed by atoms with Crippen LogP contribution in [0.2, 0.25) is 0 Å². The summed E-state index contributed by atoms with van der Waals surface area (Å²) in [5.41, 5.74) is 6.08. The van der Waals surface area contributed by atoms with Crippen LogP contribution in [0.4, 0.5) is 4.39 Å². The number of alkyl halides is 1.